The molecule has 0 aromatic heterocycles. The molecule has 0 aromatic carbocycles. The second-order valence-corrected chi connectivity index (χ2v) is 9.82. The van der Waals surface area contributed by atoms with Crippen molar-refractivity contribution in [2.75, 3.05) is 6.61 Å². The fourth-order valence-electron chi connectivity index (χ4n) is 4.92. The number of carbonyl (C=O) groups excluding carboxylic acids is 2. The zero-order chi connectivity index (χ0) is 23.7. The molecule has 5 rings (SSSR count). The van der Waals surface area contributed by atoms with Gasteiger partial charge >= 0.3 is 5.97 Å². The zero-order valence-corrected chi connectivity index (χ0v) is 19.9. The Morgan fingerprint density at radius 3 is 2.79 bits per heavy atom. The first-order valence-electron chi connectivity index (χ1n) is 12.0. The van der Waals surface area contributed by atoms with Gasteiger partial charge in [0.25, 0.3) is 5.91 Å². The van der Waals surface area contributed by atoms with Crippen LogP contribution >= 0.6 is 11.6 Å². The predicted molar refractivity (Wildman–Crippen MR) is 133 cm³/mol. The van der Waals surface area contributed by atoms with Gasteiger partial charge in [-0.15, -0.1) is 0 Å². The molecule has 1 saturated carbocycles. The number of fused-ring (bicyclic) bond motifs is 1. The second-order valence-electron chi connectivity index (χ2n) is 9.34. The number of allylic oxidation sites excluding steroid dienone is 6. The maximum Gasteiger partial charge on any atom is 0.340 e. The summed E-state index contributed by atoms with van der Waals surface area (Å²) in [4.78, 5) is 27.6. The number of hydrogen-bond acceptors (Lipinski definition) is 4. The van der Waals surface area contributed by atoms with Gasteiger partial charge < -0.3 is 15.0 Å². The van der Waals surface area contributed by atoms with E-state index in [1.165, 1.54) is 12.8 Å². The molecule has 34 heavy (non-hydrogen) atoms. The largest absolute Gasteiger partial charge is 0.458 e. The maximum absolute atomic E-state index is 13.1. The molecule has 0 aromatic rings. The summed E-state index contributed by atoms with van der Waals surface area (Å²) in [5.74, 6) is 0.787. The quantitative estimate of drug-likeness (QED) is 0.398. The van der Waals surface area contributed by atoms with Crippen LogP contribution in [0.15, 0.2) is 94.5 Å². The Morgan fingerprint density at radius 2 is 2.06 bits per heavy atom. The van der Waals surface area contributed by atoms with Crippen LogP contribution in [-0.4, -0.2) is 29.4 Å². The summed E-state index contributed by atoms with van der Waals surface area (Å²) in [6.45, 7) is 3.83. The minimum Gasteiger partial charge on any atom is -0.458 e. The third kappa shape index (κ3) is 4.76. The first-order chi connectivity index (χ1) is 16.5. The Kier molecular flexibility index (Phi) is 6.46. The van der Waals surface area contributed by atoms with Crippen molar-refractivity contribution in [3.63, 3.8) is 0 Å². The van der Waals surface area contributed by atoms with E-state index < -0.39 is 0 Å². The number of carbonyl (C=O) groups is 2. The number of amides is 1. The summed E-state index contributed by atoms with van der Waals surface area (Å²) in [5, 5.41) is 4.23. The SMILES string of the molecule is C=CCOC(=O)C1=CC(C2CC2)CC=C1NC1=CCC2C(=C1)C=CN2C(=O)C1=CC=C(Cl)CC1. The molecule has 2 atom stereocenters. The van der Waals surface area contributed by atoms with Crippen LogP contribution in [0.1, 0.15) is 38.5 Å². The van der Waals surface area contributed by atoms with Crippen molar-refractivity contribution in [1.82, 2.24) is 10.2 Å². The van der Waals surface area contributed by atoms with Crippen LogP contribution < -0.4 is 5.32 Å². The highest BCUT2D eigenvalue weighted by Crippen LogP contribution is 2.42. The molecule has 0 spiro atoms. The number of hydrogen-bond donors (Lipinski definition) is 1. The number of esters is 1. The van der Waals surface area contributed by atoms with Gasteiger partial charge in [0.05, 0.1) is 11.6 Å². The Morgan fingerprint density at radius 1 is 1.21 bits per heavy atom. The zero-order valence-electron chi connectivity index (χ0n) is 19.1. The average Bonchev–Trinajstić information content (AvgIpc) is 3.62. The highest BCUT2D eigenvalue weighted by atomic mass is 35.5. The van der Waals surface area contributed by atoms with E-state index in [2.05, 4.69) is 36.2 Å². The lowest BCUT2D eigenvalue weighted by Gasteiger charge is -2.29. The van der Waals surface area contributed by atoms with Crippen LogP contribution in [0.5, 0.6) is 0 Å². The Bertz CT molecular complexity index is 1130. The maximum atomic E-state index is 13.1. The van der Waals surface area contributed by atoms with E-state index in [-0.39, 0.29) is 24.5 Å². The fourth-order valence-corrected chi connectivity index (χ4v) is 5.08. The monoisotopic (exact) mass is 476 g/mol. The third-order valence-corrected chi connectivity index (χ3v) is 7.28. The van der Waals surface area contributed by atoms with Crippen molar-refractivity contribution in [1.29, 1.82) is 0 Å². The normalized spacial score (nSPS) is 25.7. The number of halogens is 1. The third-order valence-electron chi connectivity index (χ3n) is 6.96. The standard InChI is InChI=1S/C28H29ClN2O3/c1-2-15-34-28(33)24-17-20(18-3-4-18)7-11-25(24)30-23-10-12-26-21(16-23)13-14-31(26)27(32)19-5-8-22(29)9-6-19/h2,5,8,10-11,13-14,16-18,20,26,30H,1,3-4,6-7,9,12,15H2. The van der Waals surface area contributed by atoms with E-state index in [0.717, 1.165) is 34.0 Å². The highest BCUT2D eigenvalue weighted by Gasteiger charge is 2.34. The summed E-state index contributed by atoms with van der Waals surface area (Å²) in [6.07, 6.45) is 22.9. The lowest BCUT2D eigenvalue weighted by Crippen LogP contribution is -2.36. The van der Waals surface area contributed by atoms with Crippen molar-refractivity contribution < 1.29 is 14.3 Å². The van der Waals surface area contributed by atoms with Crippen molar-refractivity contribution in [2.45, 2.75) is 44.6 Å². The number of nitrogens with one attached hydrogen (secondary N) is 1. The van der Waals surface area contributed by atoms with E-state index in [0.29, 0.717) is 36.7 Å². The van der Waals surface area contributed by atoms with Crippen molar-refractivity contribution in [2.24, 2.45) is 11.8 Å². The summed E-state index contributed by atoms with van der Waals surface area (Å²) in [7, 11) is 0. The first kappa shape index (κ1) is 22.7. The number of ether oxygens (including phenoxy) is 1. The van der Waals surface area contributed by atoms with Gasteiger partial charge in [-0.1, -0.05) is 48.6 Å². The predicted octanol–water partition coefficient (Wildman–Crippen LogP) is 5.33. The van der Waals surface area contributed by atoms with E-state index >= 15 is 0 Å². The van der Waals surface area contributed by atoms with Gasteiger partial charge in [0, 0.05) is 28.2 Å². The van der Waals surface area contributed by atoms with Gasteiger partial charge in [0.1, 0.15) is 6.61 Å². The average molecular weight is 477 g/mol. The molecule has 1 N–H and O–H groups in total. The minimum absolute atomic E-state index is 0.00696. The molecule has 0 radical (unpaired) electrons. The van der Waals surface area contributed by atoms with E-state index in [1.807, 2.05) is 29.3 Å². The van der Waals surface area contributed by atoms with Crippen LogP contribution in [0.3, 0.4) is 0 Å². The molecule has 6 heteroatoms. The summed E-state index contributed by atoms with van der Waals surface area (Å²) < 4.78 is 5.36. The lowest BCUT2D eigenvalue weighted by atomic mass is 9.89. The van der Waals surface area contributed by atoms with Crippen molar-refractivity contribution in [3.05, 3.63) is 94.5 Å². The Balaban J connectivity index is 1.28. The molecule has 1 amide bonds. The molecular weight excluding hydrogens is 448 g/mol. The van der Waals surface area contributed by atoms with Gasteiger partial charge in [-0.25, -0.2) is 4.79 Å². The summed E-state index contributed by atoms with van der Waals surface area (Å²) in [5.41, 5.74) is 4.18. The lowest BCUT2D eigenvalue weighted by molar-refractivity contribution is -0.137. The Hall–Kier alpha value is -3.05. The summed E-state index contributed by atoms with van der Waals surface area (Å²) in [6, 6.07) is -0.00696. The van der Waals surface area contributed by atoms with Gasteiger partial charge in [0.2, 0.25) is 0 Å². The van der Waals surface area contributed by atoms with E-state index in [4.69, 9.17) is 16.3 Å². The second kappa shape index (κ2) is 9.67. The van der Waals surface area contributed by atoms with Crippen molar-refractivity contribution in [3.8, 4) is 0 Å². The molecular formula is C28H29ClN2O3. The summed E-state index contributed by atoms with van der Waals surface area (Å²) >= 11 is 6.05. The molecule has 2 unspecified atom stereocenters. The molecule has 5 aliphatic rings. The van der Waals surface area contributed by atoms with Gasteiger partial charge in [-0.3, -0.25) is 4.79 Å². The molecule has 0 saturated heterocycles. The molecule has 176 valence electrons. The van der Waals surface area contributed by atoms with Crippen LogP contribution in [0, 0.1) is 11.8 Å². The molecule has 1 heterocycles. The number of nitrogens with zero attached hydrogens (tertiary/aromatic N) is 1. The van der Waals surface area contributed by atoms with Gasteiger partial charge in [-0.2, -0.15) is 0 Å². The molecule has 4 aliphatic carbocycles. The molecule has 1 fully saturated rings. The Labute approximate surface area is 205 Å². The first-order valence-corrected chi connectivity index (χ1v) is 12.4. The van der Waals surface area contributed by atoms with Crippen LogP contribution in [0.4, 0.5) is 0 Å². The molecule has 0 bridgehead atoms. The fraction of sp³-hybridized carbons (Fsp3) is 0.357. The van der Waals surface area contributed by atoms with Crippen molar-refractivity contribution >= 4 is 23.5 Å². The topological polar surface area (TPSA) is 58.6 Å². The van der Waals surface area contributed by atoms with E-state index in [1.54, 1.807) is 6.08 Å². The van der Waals surface area contributed by atoms with Crippen LogP contribution in [-0.2, 0) is 14.3 Å². The number of rotatable bonds is 7. The van der Waals surface area contributed by atoms with Gasteiger partial charge in [0.15, 0.2) is 0 Å². The molecule has 1 aliphatic heterocycles. The minimum atomic E-state index is -0.321. The highest BCUT2D eigenvalue weighted by molar-refractivity contribution is 6.29. The van der Waals surface area contributed by atoms with E-state index in [9.17, 15) is 9.59 Å². The van der Waals surface area contributed by atoms with Crippen LogP contribution in [0.25, 0.3) is 0 Å². The van der Waals surface area contributed by atoms with Crippen LogP contribution in [0.2, 0.25) is 0 Å². The molecule has 5 nitrogen and oxygen atoms in total. The van der Waals surface area contributed by atoms with Gasteiger partial charge in [-0.05, 0) is 74.2 Å². The smallest absolute Gasteiger partial charge is 0.340 e.